The zero-order valence-corrected chi connectivity index (χ0v) is 52.0. The number of esters is 1. The first kappa shape index (κ1) is 61.4. The molecule has 2 saturated heterocycles. The summed E-state index contributed by atoms with van der Waals surface area (Å²) in [6, 6.07) is 29.4. The van der Waals surface area contributed by atoms with Crippen molar-refractivity contribution in [2.45, 2.75) is 144 Å². The van der Waals surface area contributed by atoms with Gasteiger partial charge in [0.1, 0.15) is 34.1 Å². The number of carbonyl (C=O) groups is 4. The normalized spacial score (nSPS) is 15.2. The van der Waals surface area contributed by atoms with E-state index in [-0.39, 0.29) is 23.8 Å². The quantitative estimate of drug-likeness (QED) is 0.0862. The van der Waals surface area contributed by atoms with Crippen molar-refractivity contribution in [3.63, 3.8) is 0 Å². The van der Waals surface area contributed by atoms with E-state index < -0.39 is 22.8 Å². The van der Waals surface area contributed by atoms with E-state index in [2.05, 4.69) is 44.1 Å². The van der Waals surface area contributed by atoms with E-state index in [0.29, 0.717) is 79.7 Å². The maximum atomic E-state index is 13.9. The fraction of sp³-hybridized carbons (Fsp3) is 0.477. The van der Waals surface area contributed by atoms with Gasteiger partial charge < -0.3 is 38.4 Å². The summed E-state index contributed by atoms with van der Waals surface area (Å²) in [4.78, 5) is 67.5. The Kier molecular flexibility index (Phi) is 20.0. The summed E-state index contributed by atoms with van der Waals surface area (Å²) >= 11 is 4.97. The Bertz CT molecular complexity index is 3190. The Labute approximate surface area is 496 Å². The van der Waals surface area contributed by atoms with Crippen LogP contribution in [0, 0.1) is 25.7 Å². The van der Waals surface area contributed by atoms with E-state index >= 15 is 0 Å². The first-order valence-corrected chi connectivity index (χ1v) is 30.3. The second-order valence-corrected chi connectivity index (χ2v) is 26.4. The van der Waals surface area contributed by atoms with Crippen LogP contribution in [0.2, 0.25) is 0 Å². The molecule has 17 heteroatoms. The molecular weight excluding hydrogens is 1120 g/mol. The van der Waals surface area contributed by atoms with Crippen LogP contribution in [-0.4, -0.2) is 107 Å². The van der Waals surface area contributed by atoms with Crippen LogP contribution in [-0.2, 0) is 27.2 Å². The number of nitrogens with one attached hydrogen (secondary N) is 1. The Hall–Kier alpha value is -6.72. The van der Waals surface area contributed by atoms with Gasteiger partial charge in [-0.25, -0.2) is 24.4 Å². The highest BCUT2D eigenvalue weighted by Gasteiger charge is 2.31. The van der Waals surface area contributed by atoms with Gasteiger partial charge in [-0.15, -0.1) is 0 Å². The number of rotatable bonds is 13. The summed E-state index contributed by atoms with van der Waals surface area (Å²) in [7, 11) is 0. The zero-order chi connectivity index (χ0) is 58.9. The molecule has 0 atom stereocenters. The summed E-state index contributed by atoms with van der Waals surface area (Å²) < 4.78 is 31.3. The Morgan fingerprint density at radius 1 is 0.622 bits per heavy atom. The maximum absolute atomic E-state index is 13.9. The molecule has 2 fully saturated rings. The number of pyridine rings is 1. The molecular formula is C65H81BrN6O9S. The second kappa shape index (κ2) is 26.7. The topological polar surface area (TPSA) is 162 Å². The van der Waals surface area contributed by atoms with Crippen LogP contribution in [0.5, 0.6) is 11.5 Å². The molecule has 9 rings (SSSR count). The zero-order valence-electron chi connectivity index (χ0n) is 49.6. The monoisotopic (exact) mass is 1200 g/mol. The third kappa shape index (κ3) is 16.7. The SMILES string of the molecule is Cc1c(Br)cccc1OCCC1CCN(C(=O)OC(C)(C)C)CC1.Cc1c(OCCC2CCN(C(=O)OC(C)(C)C)CC2)cccc1-c1ccc(N2CCc3cccc(C(=O)Nc4nc5ccccc5s4)c3C2)nc1C(=O)OC(C)(C)C. The van der Waals surface area contributed by atoms with Gasteiger partial charge in [0.2, 0.25) is 0 Å². The van der Waals surface area contributed by atoms with E-state index in [1.165, 1.54) is 11.3 Å². The number of aromatic nitrogens is 2. The van der Waals surface area contributed by atoms with Crippen molar-refractivity contribution in [2.24, 2.45) is 11.8 Å². The average molecular weight is 1200 g/mol. The van der Waals surface area contributed by atoms with Gasteiger partial charge >= 0.3 is 18.2 Å². The lowest BCUT2D eigenvalue weighted by Gasteiger charge is -2.33. The van der Waals surface area contributed by atoms with Gasteiger partial charge in [-0.3, -0.25) is 10.1 Å². The van der Waals surface area contributed by atoms with Gasteiger partial charge in [0, 0.05) is 60.4 Å². The number of anilines is 2. The van der Waals surface area contributed by atoms with Gasteiger partial charge in [-0.1, -0.05) is 69.7 Å². The number of hydrogen-bond acceptors (Lipinski definition) is 13. The number of hydrogen-bond donors (Lipinski definition) is 1. The summed E-state index contributed by atoms with van der Waals surface area (Å²) in [5, 5.41) is 3.57. The molecule has 0 unspecified atom stereocenters. The lowest BCUT2D eigenvalue weighted by molar-refractivity contribution is 0.00616. The second-order valence-electron chi connectivity index (χ2n) is 24.5. The Balaban J connectivity index is 0.000000306. The maximum Gasteiger partial charge on any atom is 0.410 e. The standard InChI is InChI=1S/C46H53N5O6S.C19H28BrNO3/c1-29-32(13-11-16-37(29)55-27-23-30-20-24-50(25-21-30)44(54)57-46(5,6)7)33-18-19-39(48-40(33)42(53)56-45(2,3)4)51-26-22-31-12-10-14-34(35(31)28-51)41(52)49-43-47-36-15-8-9-17-38(36)58-43;1-14-16(20)6-5-7-17(14)23-13-10-15-8-11-21(12-9-15)18(22)24-19(2,3)4/h8-19,30H,20-28H2,1-7H3,(H,47,49,52);5-7,15H,8-13H2,1-4H3. The number of ether oxygens (including phenoxy) is 5. The number of likely N-dealkylation sites (tertiary alicyclic amines) is 2. The third-order valence-corrected chi connectivity index (χ3v) is 16.5. The highest BCUT2D eigenvalue weighted by molar-refractivity contribution is 9.10. The van der Waals surface area contributed by atoms with E-state index in [0.717, 1.165) is 106 Å². The molecule has 2 aromatic heterocycles. The molecule has 438 valence electrons. The lowest BCUT2D eigenvalue weighted by Crippen LogP contribution is -2.41. The van der Waals surface area contributed by atoms with Crippen LogP contribution in [0.1, 0.15) is 144 Å². The molecule has 0 spiro atoms. The van der Waals surface area contributed by atoms with Crippen molar-refractivity contribution in [3.05, 3.63) is 129 Å². The van der Waals surface area contributed by atoms with E-state index in [1.54, 1.807) is 4.90 Å². The molecule has 1 N–H and O–H groups in total. The van der Waals surface area contributed by atoms with Crippen molar-refractivity contribution in [3.8, 4) is 22.6 Å². The molecule has 82 heavy (non-hydrogen) atoms. The van der Waals surface area contributed by atoms with E-state index in [4.69, 9.17) is 28.7 Å². The van der Waals surface area contributed by atoms with Crippen molar-refractivity contribution in [2.75, 3.05) is 56.2 Å². The van der Waals surface area contributed by atoms with Gasteiger partial charge in [0.15, 0.2) is 10.8 Å². The number of fused-ring (bicyclic) bond motifs is 2. The first-order valence-electron chi connectivity index (χ1n) is 28.7. The van der Waals surface area contributed by atoms with Gasteiger partial charge in [0.25, 0.3) is 5.91 Å². The third-order valence-electron chi connectivity index (χ3n) is 14.7. The van der Waals surface area contributed by atoms with Gasteiger partial charge in [-0.2, -0.15) is 0 Å². The highest BCUT2D eigenvalue weighted by atomic mass is 79.9. The fourth-order valence-electron chi connectivity index (χ4n) is 10.3. The summed E-state index contributed by atoms with van der Waals surface area (Å²) in [6.45, 7) is 26.2. The van der Waals surface area contributed by atoms with E-state index in [1.807, 2.05) is 159 Å². The minimum absolute atomic E-state index is 0.193. The molecule has 5 heterocycles. The first-order chi connectivity index (χ1) is 38.9. The van der Waals surface area contributed by atoms with Crippen LogP contribution in [0.25, 0.3) is 21.3 Å². The minimum atomic E-state index is -0.731. The number of halogens is 1. The molecule has 4 aromatic carbocycles. The number of amides is 3. The predicted octanol–water partition coefficient (Wildman–Crippen LogP) is 15.0. The average Bonchev–Trinajstić information content (AvgIpc) is 3.26. The van der Waals surface area contributed by atoms with Gasteiger partial charge in [-0.05, 0) is 204 Å². The van der Waals surface area contributed by atoms with Crippen LogP contribution in [0.15, 0.2) is 95.5 Å². The molecule has 3 aliphatic rings. The summed E-state index contributed by atoms with van der Waals surface area (Å²) in [6.07, 6.45) is 6.00. The molecule has 6 aromatic rings. The predicted molar refractivity (Wildman–Crippen MR) is 329 cm³/mol. The summed E-state index contributed by atoms with van der Waals surface area (Å²) in [5.41, 5.74) is 5.54. The van der Waals surface area contributed by atoms with Crippen molar-refractivity contribution in [1.82, 2.24) is 19.8 Å². The van der Waals surface area contributed by atoms with Crippen molar-refractivity contribution < 1.29 is 42.9 Å². The number of thiazole rings is 1. The van der Waals surface area contributed by atoms with Crippen LogP contribution in [0.3, 0.4) is 0 Å². The fourth-order valence-corrected chi connectivity index (χ4v) is 11.6. The largest absolute Gasteiger partial charge is 0.493 e. The summed E-state index contributed by atoms with van der Waals surface area (Å²) in [5.74, 6) is 2.64. The van der Waals surface area contributed by atoms with Crippen molar-refractivity contribution in [1.29, 1.82) is 0 Å². The van der Waals surface area contributed by atoms with Crippen molar-refractivity contribution >= 4 is 72.5 Å². The molecule has 0 saturated carbocycles. The molecule has 3 aliphatic heterocycles. The van der Waals surface area contributed by atoms with Gasteiger partial charge in [0.05, 0.1) is 23.4 Å². The number of piperidine rings is 2. The lowest BCUT2D eigenvalue weighted by atomic mass is 9.94. The molecule has 0 radical (unpaired) electrons. The molecule has 3 amide bonds. The van der Waals surface area contributed by atoms with E-state index in [9.17, 15) is 19.2 Å². The van der Waals surface area contributed by atoms with Crippen LogP contribution >= 0.6 is 27.3 Å². The Morgan fingerprint density at radius 3 is 1.77 bits per heavy atom. The smallest absolute Gasteiger partial charge is 0.410 e. The molecule has 0 aliphatic carbocycles. The number of benzene rings is 4. The van der Waals surface area contributed by atoms with Crippen LogP contribution in [0.4, 0.5) is 20.5 Å². The number of para-hydroxylation sites is 1. The number of nitrogens with zero attached hydrogens (tertiary/aromatic N) is 5. The molecule has 0 bridgehead atoms. The molecule has 15 nitrogen and oxygen atoms in total. The highest BCUT2D eigenvalue weighted by Crippen LogP contribution is 2.37. The Morgan fingerprint density at radius 2 is 1.18 bits per heavy atom. The number of carbonyl (C=O) groups excluding carboxylic acids is 4. The van der Waals surface area contributed by atoms with Crippen LogP contribution < -0.4 is 19.7 Å². The minimum Gasteiger partial charge on any atom is -0.493 e.